The van der Waals surface area contributed by atoms with Crippen LogP contribution in [0.4, 0.5) is 0 Å². The summed E-state index contributed by atoms with van der Waals surface area (Å²) in [6.07, 6.45) is 0.995. The highest BCUT2D eigenvalue weighted by atomic mass is 16.5. The highest BCUT2D eigenvalue weighted by molar-refractivity contribution is 5.29. The lowest BCUT2D eigenvalue weighted by Crippen LogP contribution is -2.41. The van der Waals surface area contributed by atoms with Crippen molar-refractivity contribution in [3.8, 4) is 0 Å². The van der Waals surface area contributed by atoms with Gasteiger partial charge in [0, 0.05) is 13.2 Å². The molecular formula is C15H25NO. The van der Waals surface area contributed by atoms with E-state index in [0.29, 0.717) is 5.92 Å². The Morgan fingerprint density at radius 3 is 2.06 bits per heavy atom. The molecule has 0 saturated carbocycles. The van der Waals surface area contributed by atoms with Gasteiger partial charge in [-0.25, -0.2) is 0 Å². The smallest absolute Gasteiger partial charge is 0.0748 e. The number of benzene rings is 1. The van der Waals surface area contributed by atoms with Gasteiger partial charge in [-0.3, -0.25) is 0 Å². The van der Waals surface area contributed by atoms with Crippen LogP contribution in [0.5, 0.6) is 0 Å². The summed E-state index contributed by atoms with van der Waals surface area (Å²) in [6.45, 7) is 8.54. The molecule has 0 saturated heterocycles. The maximum atomic E-state index is 6.24. The second kappa shape index (κ2) is 6.18. The number of methoxy groups -OCH3 is 1. The Kier molecular flexibility index (Phi) is 5.16. The Labute approximate surface area is 105 Å². The monoisotopic (exact) mass is 235 g/mol. The van der Waals surface area contributed by atoms with E-state index < -0.39 is 0 Å². The summed E-state index contributed by atoms with van der Waals surface area (Å²) >= 11 is 0. The minimum atomic E-state index is 0.0567. The van der Waals surface area contributed by atoms with Crippen molar-refractivity contribution in [3.05, 3.63) is 34.9 Å². The molecule has 0 amide bonds. The van der Waals surface area contributed by atoms with Crippen LogP contribution in [0.1, 0.15) is 30.5 Å². The van der Waals surface area contributed by atoms with Gasteiger partial charge < -0.3 is 10.5 Å². The zero-order valence-corrected chi connectivity index (χ0v) is 11.7. The van der Waals surface area contributed by atoms with Crippen molar-refractivity contribution in [2.24, 2.45) is 11.7 Å². The van der Waals surface area contributed by atoms with E-state index in [0.717, 1.165) is 6.42 Å². The number of nitrogens with two attached hydrogens (primary N) is 1. The molecule has 1 rings (SSSR count). The number of rotatable bonds is 5. The first-order valence-electron chi connectivity index (χ1n) is 6.29. The summed E-state index contributed by atoms with van der Waals surface area (Å²) in [5, 5.41) is 0. The molecule has 0 bridgehead atoms. The standard InChI is InChI=1S/C15H25NO/c1-10(2)15(17-5)14(16)9-13-7-11(3)6-12(4)8-13/h6-8,10,14-15H,9,16H2,1-5H3. The van der Waals surface area contributed by atoms with Gasteiger partial charge in [0.05, 0.1) is 6.10 Å². The molecule has 0 radical (unpaired) electrons. The first kappa shape index (κ1) is 14.2. The van der Waals surface area contributed by atoms with Crippen LogP contribution in [0.3, 0.4) is 0 Å². The fraction of sp³-hybridized carbons (Fsp3) is 0.600. The summed E-state index contributed by atoms with van der Waals surface area (Å²) in [7, 11) is 1.74. The second-order valence-corrected chi connectivity index (χ2v) is 5.31. The molecule has 0 fully saturated rings. The molecule has 0 aliphatic heterocycles. The first-order valence-corrected chi connectivity index (χ1v) is 6.29. The van der Waals surface area contributed by atoms with Crippen molar-refractivity contribution in [2.75, 3.05) is 7.11 Å². The Morgan fingerprint density at radius 1 is 1.12 bits per heavy atom. The van der Waals surface area contributed by atoms with E-state index in [4.69, 9.17) is 10.5 Å². The molecule has 2 nitrogen and oxygen atoms in total. The molecule has 0 heterocycles. The van der Waals surface area contributed by atoms with Crippen LogP contribution in [-0.4, -0.2) is 19.3 Å². The van der Waals surface area contributed by atoms with E-state index in [1.54, 1.807) is 7.11 Å². The third-order valence-corrected chi connectivity index (χ3v) is 3.10. The third kappa shape index (κ3) is 4.14. The average Bonchev–Trinajstić information content (AvgIpc) is 2.15. The van der Waals surface area contributed by atoms with Gasteiger partial charge in [0.15, 0.2) is 0 Å². The molecule has 96 valence electrons. The largest absolute Gasteiger partial charge is 0.380 e. The fourth-order valence-corrected chi connectivity index (χ4v) is 2.52. The van der Waals surface area contributed by atoms with Gasteiger partial charge in [-0.05, 0) is 31.7 Å². The molecule has 1 aromatic rings. The fourth-order valence-electron chi connectivity index (χ4n) is 2.52. The van der Waals surface area contributed by atoms with Crippen LogP contribution in [0.2, 0.25) is 0 Å². The van der Waals surface area contributed by atoms with Crippen LogP contribution >= 0.6 is 0 Å². The van der Waals surface area contributed by atoms with E-state index >= 15 is 0 Å². The van der Waals surface area contributed by atoms with Gasteiger partial charge in [0.25, 0.3) is 0 Å². The molecule has 0 aliphatic rings. The van der Waals surface area contributed by atoms with Gasteiger partial charge in [-0.15, -0.1) is 0 Å². The maximum Gasteiger partial charge on any atom is 0.0748 e. The van der Waals surface area contributed by atoms with Crippen LogP contribution in [0.15, 0.2) is 18.2 Å². The summed E-state index contributed by atoms with van der Waals surface area (Å²) in [5.41, 5.74) is 10.1. The molecule has 17 heavy (non-hydrogen) atoms. The average molecular weight is 235 g/mol. The molecule has 2 atom stereocenters. The number of aryl methyl sites for hydroxylation is 2. The highest BCUT2D eigenvalue weighted by Crippen LogP contribution is 2.15. The minimum Gasteiger partial charge on any atom is -0.380 e. The Bertz CT molecular complexity index is 340. The summed E-state index contributed by atoms with van der Waals surface area (Å²) in [6, 6.07) is 6.66. The normalized spacial score (nSPS) is 15.0. The van der Waals surface area contributed by atoms with Crippen molar-refractivity contribution in [1.29, 1.82) is 0 Å². The van der Waals surface area contributed by atoms with Gasteiger partial charge in [-0.2, -0.15) is 0 Å². The van der Waals surface area contributed by atoms with E-state index in [2.05, 4.69) is 45.9 Å². The van der Waals surface area contributed by atoms with Gasteiger partial charge >= 0.3 is 0 Å². The maximum absolute atomic E-state index is 6.24. The number of hydrogen-bond acceptors (Lipinski definition) is 2. The molecule has 2 N–H and O–H groups in total. The van der Waals surface area contributed by atoms with Gasteiger partial charge in [-0.1, -0.05) is 43.2 Å². The quantitative estimate of drug-likeness (QED) is 0.851. The zero-order valence-electron chi connectivity index (χ0n) is 11.7. The molecule has 0 aliphatic carbocycles. The van der Waals surface area contributed by atoms with E-state index in [-0.39, 0.29) is 12.1 Å². The predicted octanol–water partition coefficient (Wildman–Crippen LogP) is 2.84. The minimum absolute atomic E-state index is 0.0567. The molecule has 0 spiro atoms. The van der Waals surface area contributed by atoms with Crippen LogP contribution in [0.25, 0.3) is 0 Å². The Hall–Kier alpha value is -0.860. The first-order chi connectivity index (χ1) is 7.93. The summed E-state index contributed by atoms with van der Waals surface area (Å²) < 4.78 is 5.48. The lowest BCUT2D eigenvalue weighted by atomic mass is 9.93. The number of hydrogen-bond donors (Lipinski definition) is 1. The summed E-state index contributed by atoms with van der Waals surface area (Å²) in [4.78, 5) is 0. The molecule has 1 aromatic carbocycles. The van der Waals surface area contributed by atoms with Crippen LogP contribution in [0, 0.1) is 19.8 Å². The van der Waals surface area contributed by atoms with Crippen molar-refractivity contribution in [2.45, 2.75) is 46.3 Å². The van der Waals surface area contributed by atoms with Gasteiger partial charge in [0.1, 0.15) is 0 Å². The van der Waals surface area contributed by atoms with Crippen molar-refractivity contribution in [3.63, 3.8) is 0 Å². The Balaban J connectivity index is 2.76. The lowest BCUT2D eigenvalue weighted by Gasteiger charge is -2.26. The molecular weight excluding hydrogens is 210 g/mol. The Morgan fingerprint density at radius 2 is 1.65 bits per heavy atom. The van der Waals surface area contributed by atoms with Crippen molar-refractivity contribution < 1.29 is 4.74 Å². The van der Waals surface area contributed by atoms with E-state index in [1.165, 1.54) is 16.7 Å². The lowest BCUT2D eigenvalue weighted by molar-refractivity contribution is 0.0441. The SMILES string of the molecule is COC(C(C)C)C(N)Cc1cc(C)cc(C)c1. The van der Waals surface area contributed by atoms with E-state index in [9.17, 15) is 0 Å². The third-order valence-electron chi connectivity index (χ3n) is 3.10. The zero-order chi connectivity index (χ0) is 13.0. The molecule has 2 heteroatoms. The highest BCUT2D eigenvalue weighted by Gasteiger charge is 2.21. The predicted molar refractivity (Wildman–Crippen MR) is 73.2 cm³/mol. The topological polar surface area (TPSA) is 35.2 Å². The number of ether oxygens (including phenoxy) is 1. The van der Waals surface area contributed by atoms with Gasteiger partial charge in [0.2, 0.25) is 0 Å². The molecule has 0 aromatic heterocycles. The van der Waals surface area contributed by atoms with Crippen LogP contribution in [-0.2, 0) is 11.2 Å². The van der Waals surface area contributed by atoms with Crippen LogP contribution < -0.4 is 5.73 Å². The summed E-state index contributed by atoms with van der Waals surface area (Å²) in [5.74, 6) is 0.445. The molecule has 2 unspecified atom stereocenters. The van der Waals surface area contributed by atoms with E-state index in [1.807, 2.05) is 0 Å². The van der Waals surface area contributed by atoms with Crippen molar-refractivity contribution >= 4 is 0 Å². The second-order valence-electron chi connectivity index (χ2n) is 5.31. The van der Waals surface area contributed by atoms with Crippen molar-refractivity contribution in [1.82, 2.24) is 0 Å².